The van der Waals surface area contributed by atoms with Crippen molar-refractivity contribution in [1.82, 2.24) is 15.0 Å². The first-order chi connectivity index (χ1) is 11.4. The van der Waals surface area contributed by atoms with E-state index in [-0.39, 0.29) is 17.7 Å². The lowest BCUT2D eigenvalue weighted by Gasteiger charge is -2.29. The Morgan fingerprint density at radius 3 is 2.46 bits per heavy atom. The van der Waals surface area contributed by atoms with Crippen LogP contribution in [0.2, 0.25) is 0 Å². The minimum atomic E-state index is -4.58. The van der Waals surface area contributed by atoms with Gasteiger partial charge in [-0.15, -0.1) is 0 Å². The molecule has 0 amide bonds. The number of aliphatic hydroxyl groups excluding tert-OH is 1. The van der Waals surface area contributed by atoms with Crippen LogP contribution in [0.25, 0.3) is 11.4 Å². The number of hydrogen-bond donors (Lipinski definition) is 2. The largest absolute Gasteiger partial charge is 0.433 e. The normalized spacial score (nSPS) is 21.5. The molecule has 5 nitrogen and oxygen atoms in total. The minimum absolute atomic E-state index is 0.0278. The van der Waals surface area contributed by atoms with E-state index < -0.39 is 18.0 Å². The highest BCUT2D eigenvalue weighted by atomic mass is 19.4. The Morgan fingerprint density at radius 2 is 1.79 bits per heavy atom. The van der Waals surface area contributed by atoms with Crippen molar-refractivity contribution in [3.05, 3.63) is 36.3 Å². The molecule has 1 fully saturated rings. The van der Waals surface area contributed by atoms with Gasteiger partial charge in [0.05, 0.1) is 12.1 Å². The molecule has 3 rings (SSSR count). The molecule has 0 unspecified atom stereocenters. The molecule has 0 aliphatic heterocycles. The number of anilines is 1. The van der Waals surface area contributed by atoms with E-state index in [1.54, 1.807) is 12.1 Å². The van der Waals surface area contributed by atoms with Crippen LogP contribution in [0.4, 0.5) is 19.0 Å². The molecule has 0 radical (unpaired) electrons. The van der Waals surface area contributed by atoms with Gasteiger partial charge in [0.25, 0.3) is 0 Å². The molecular weight excluding hydrogens is 321 g/mol. The first kappa shape index (κ1) is 16.6. The highest BCUT2D eigenvalue weighted by Crippen LogP contribution is 2.31. The van der Waals surface area contributed by atoms with Crippen LogP contribution in [0.3, 0.4) is 0 Å². The molecule has 0 aromatic carbocycles. The second-order valence-corrected chi connectivity index (χ2v) is 5.80. The summed E-state index contributed by atoms with van der Waals surface area (Å²) >= 11 is 0. The number of nitrogens with one attached hydrogen (secondary N) is 1. The molecule has 1 aliphatic carbocycles. The van der Waals surface area contributed by atoms with Crippen LogP contribution in [-0.2, 0) is 6.18 Å². The summed E-state index contributed by atoms with van der Waals surface area (Å²) in [6, 6.07) is 3.68. The third-order valence-electron chi connectivity index (χ3n) is 4.02. The maximum Gasteiger partial charge on any atom is 0.433 e. The first-order valence-electron chi connectivity index (χ1n) is 7.75. The zero-order valence-corrected chi connectivity index (χ0v) is 12.8. The fourth-order valence-electron chi connectivity index (χ4n) is 2.77. The smallest absolute Gasteiger partial charge is 0.391 e. The summed E-state index contributed by atoms with van der Waals surface area (Å²) in [5.74, 6) is 0.0371. The summed E-state index contributed by atoms with van der Waals surface area (Å²) in [6.07, 6.45) is 0.929. The fourth-order valence-corrected chi connectivity index (χ4v) is 2.77. The SMILES string of the molecule is O[C@H]1CCCC[C@@H]1Nc1cc(C(F)(F)F)nc(-c2ccncc2)n1. The van der Waals surface area contributed by atoms with Gasteiger partial charge in [0, 0.05) is 24.0 Å². The lowest BCUT2D eigenvalue weighted by Crippen LogP contribution is -2.36. The van der Waals surface area contributed by atoms with Crippen molar-refractivity contribution < 1.29 is 18.3 Å². The molecule has 2 atom stereocenters. The molecule has 2 N–H and O–H groups in total. The average molecular weight is 338 g/mol. The highest BCUT2D eigenvalue weighted by molar-refractivity contribution is 5.57. The summed E-state index contributed by atoms with van der Waals surface area (Å²) in [5, 5.41) is 12.9. The van der Waals surface area contributed by atoms with E-state index in [0.717, 1.165) is 18.9 Å². The van der Waals surface area contributed by atoms with Gasteiger partial charge in [0.1, 0.15) is 5.82 Å². The van der Waals surface area contributed by atoms with Crippen LogP contribution in [-0.4, -0.2) is 32.2 Å². The van der Waals surface area contributed by atoms with Gasteiger partial charge in [-0.05, 0) is 25.0 Å². The van der Waals surface area contributed by atoms with Gasteiger partial charge < -0.3 is 10.4 Å². The fraction of sp³-hybridized carbons (Fsp3) is 0.438. The zero-order chi connectivity index (χ0) is 17.2. The predicted molar refractivity (Wildman–Crippen MR) is 82.2 cm³/mol. The van der Waals surface area contributed by atoms with Crippen molar-refractivity contribution in [3.8, 4) is 11.4 Å². The van der Waals surface area contributed by atoms with Crippen molar-refractivity contribution in [1.29, 1.82) is 0 Å². The molecule has 24 heavy (non-hydrogen) atoms. The van der Waals surface area contributed by atoms with E-state index in [2.05, 4.69) is 20.3 Å². The van der Waals surface area contributed by atoms with Crippen LogP contribution in [0.5, 0.6) is 0 Å². The van der Waals surface area contributed by atoms with E-state index in [4.69, 9.17) is 0 Å². The van der Waals surface area contributed by atoms with Gasteiger partial charge in [0.2, 0.25) is 0 Å². The number of aliphatic hydroxyl groups is 1. The van der Waals surface area contributed by atoms with Crippen LogP contribution in [0.15, 0.2) is 30.6 Å². The molecule has 8 heteroatoms. The van der Waals surface area contributed by atoms with Crippen molar-refractivity contribution >= 4 is 5.82 Å². The molecule has 0 saturated heterocycles. The molecule has 0 bridgehead atoms. The molecule has 0 spiro atoms. The van der Waals surface area contributed by atoms with Gasteiger partial charge in [-0.3, -0.25) is 4.98 Å². The van der Waals surface area contributed by atoms with E-state index in [0.29, 0.717) is 18.4 Å². The summed E-state index contributed by atoms with van der Waals surface area (Å²) in [5.41, 5.74) is -0.569. The molecule has 2 heterocycles. The number of aromatic nitrogens is 3. The Labute approximate surface area is 137 Å². The number of alkyl halides is 3. The number of pyridine rings is 1. The maximum absolute atomic E-state index is 13.1. The highest BCUT2D eigenvalue weighted by Gasteiger charge is 2.34. The molecule has 128 valence electrons. The van der Waals surface area contributed by atoms with Gasteiger partial charge in [0.15, 0.2) is 11.5 Å². The number of nitrogens with zero attached hydrogens (tertiary/aromatic N) is 3. The summed E-state index contributed by atoms with van der Waals surface area (Å²) in [7, 11) is 0. The standard InChI is InChI=1S/C16H17F3N4O/c17-16(18,19)13-9-14(21-11-3-1-2-4-12(11)24)23-15(22-13)10-5-7-20-8-6-10/h5-9,11-12,24H,1-4H2,(H,21,22,23)/t11-,12-/m0/s1. The Kier molecular flexibility index (Phi) is 4.66. The van der Waals surface area contributed by atoms with Gasteiger partial charge in [-0.25, -0.2) is 9.97 Å². The number of rotatable bonds is 3. The Morgan fingerprint density at radius 1 is 1.08 bits per heavy atom. The van der Waals surface area contributed by atoms with Crippen molar-refractivity contribution in [2.24, 2.45) is 0 Å². The van der Waals surface area contributed by atoms with E-state index in [1.165, 1.54) is 12.4 Å². The number of halogens is 3. The predicted octanol–water partition coefficient (Wildman–Crippen LogP) is 3.27. The van der Waals surface area contributed by atoms with Crippen LogP contribution in [0.1, 0.15) is 31.4 Å². The van der Waals surface area contributed by atoms with Crippen LogP contribution >= 0.6 is 0 Å². The first-order valence-corrected chi connectivity index (χ1v) is 7.75. The lowest BCUT2D eigenvalue weighted by molar-refractivity contribution is -0.141. The third kappa shape index (κ3) is 3.81. The summed E-state index contributed by atoms with van der Waals surface area (Å²) < 4.78 is 39.4. The molecule has 1 aliphatic rings. The average Bonchev–Trinajstić information content (AvgIpc) is 2.57. The van der Waals surface area contributed by atoms with E-state index in [1.807, 2.05) is 0 Å². The number of hydrogen-bond acceptors (Lipinski definition) is 5. The van der Waals surface area contributed by atoms with Crippen LogP contribution < -0.4 is 5.32 Å². The maximum atomic E-state index is 13.1. The van der Waals surface area contributed by atoms with Gasteiger partial charge >= 0.3 is 6.18 Å². The second kappa shape index (κ2) is 6.72. The van der Waals surface area contributed by atoms with Crippen molar-refractivity contribution in [2.45, 2.75) is 44.0 Å². The summed E-state index contributed by atoms with van der Waals surface area (Å²) in [6.45, 7) is 0. The lowest BCUT2D eigenvalue weighted by atomic mass is 9.92. The van der Waals surface area contributed by atoms with Gasteiger partial charge in [-0.2, -0.15) is 13.2 Å². The van der Waals surface area contributed by atoms with Crippen molar-refractivity contribution in [3.63, 3.8) is 0 Å². The van der Waals surface area contributed by atoms with Crippen molar-refractivity contribution in [2.75, 3.05) is 5.32 Å². The molecule has 2 aromatic heterocycles. The quantitative estimate of drug-likeness (QED) is 0.899. The monoisotopic (exact) mass is 338 g/mol. The zero-order valence-electron chi connectivity index (χ0n) is 12.8. The molecular formula is C16H17F3N4O. The van der Waals surface area contributed by atoms with E-state index >= 15 is 0 Å². The Balaban J connectivity index is 1.96. The van der Waals surface area contributed by atoms with E-state index in [9.17, 15) is 18.3 Å². The minimum Gasteiger partial charge on any atom is -0.391 e. The Bertz CT molecular complexity index is 693. The summed E-state index contributed by atoms with van der Waals surface area (Å²) in [4.78, 5) is 11.6. The molecule has 2 aromatic rings. The van der Waals surface area contributed by atoms with Gasteiger partial charge in [-0.1, -0.05) is 12.8 Å². The molecule has 1 saturated carbocycles. The Hall–Kier alpha value is -2.22. The third-order valence-corrected chi connectivity index (χ3v) is 4.02. The van der Waals surface area contributed by atoms with Crippen LogP contribution in [0, 0.1) is 0 Å². The second-order valence-electron chi connectivity index (χ2n) is 5.80. The topological polar surface area (TPSA) is 70.9 Å².